The fourth-order valence-corrected chi connectivity index (χ4v) is 4.03. The summed E-state index contributed by atoms with van der Waals surface area (Å²) in [4.78, 5) is 9.67. The Morgan fingerprint density at radius 1 is 1.25 bits per heavy atom. The SMILES string of the molecule is CNC(=O)C(F)(F)F.COc1ccc(S(=O)(=O)Nc2cccc(C#N)c2)c2c1CCCO2. The van der Waals surface area contributed by atoms with E-state index in [9.17, 15) is 26.4 Å². The van der Waals surface area contributed by atoms with E-state index < -0.39 is 22.1 Å². The lowest BCUT2D eigenvalue weighted by molar-refractivity contribution is -0.172. The molecule has 1 heterocycles. The predicted molar refractivity (Wildman–Crippen MR) is 109 cm³/mol. The molecule has 1 aliphatic heterocycles. The van der Waals surface area contributed by atoms with Crippen molar-refractivity contribution in [1.29, 1.82) is 5.26 Å². The van der Waals surface area contributed by atoms with Gasteiger partial charge >= 0.3 is 12.1 Å². The van der Waals surface area contributed by atoms with Crippen LogP contribution in [-0.4, -0.2) is 41.3 Å². The monoisotopic (exact) mass is 471 g/mol. The number of fused-ring (bicyclic) bond motifs is 1. The van der Waals surface area contributed by atoms with Gasteiger partial charge in [0.05, 0.1) is 31.0 Å². The highest BCUT2D eigenvalue weighted by Crippen LogP contribution is 2.38. The number of hydrogen-bond donors (Lipinski definition) is 2. The van der Waals surface area contributed by atoms with Crippen LogP contribution in [0.2, 0.25) is 0 Å². The zero-order chi connectivity index (χ0) is 23.9. The van der Waals surface area contributed by atoms with Crippen molar-refractivity contribution in [3.8, 4) is 17.6 Å². The fourth-order valence-electron chi connectivity index (χ4n) is 2.81. The highest BCUT2D eigenvalue weighted by Gasteiger charge is 2.37. The van der Waals surface area contributed by atoms with Crippen molar-refractivity contribution in [2.75, 3.05) is 25.5 Å². The van der Waals surface area contributed by atoms with Crippen LogP contribution in [0.1, 0.15) is 17.5 Å². The summed E-state index contributed by atoms with van der Waals surface area (Å²) in [6.45, 7) is 0.465. The quantitative estimate of drug-likeness (QED) is 0.708. The minimum atomic E-state index is -4.74. The molecule has 12 heteroatoms. The lowest BCUT2D eigenvalue weighted by Gasteiger charge is -2.22. The molecular formula is C20H20F3N3O5S. The highest BCUT2D eigenvalue weighted by molar-refractivity contribution is 7.92. The summed E-state index contributed by atoms with van der Waals surface area (Å²) in [5.74, 6) is -0.961. The van der Waals surface area contributed by atoms with Gasteiger partial charge in [-0.3, -0.25) is 9.52 Å². The van der Waals surface area contributed by atoms with Crippen LogP contribution in [0.3, 0.4) is 0 Å². The van der Waals surface area contributed by atoms with E-state index in [-0.39, 0.29) is 4.90 Å². The maximum Gasteiger partial charge on any atom is 0.471 e. The number of ether oxygens (including phenoxy) is 2. The molecule has 2 aromatic carbocycles. The van der Waals surface area contributed by atoms with Crippen molar-refractivity contribution >= 4 is 21.6 Å². The first kappa shape index (κ1) is 24.8. The van der Waals surface area contributed by atoms with Crippen LogP contribution in [0.4, 0.5) is 18.9 Å². The molecule has 0 unspecified atom stereocenters. The van der Waals surface area contributed by atoms with Crippen molar-refractivity contribution in [3.05, 3.63) is 47.5 Å². The van der Waals surface area contributed by atoms with Gasteiger partial charge in [-0.2, -0.15) is 18.4 Å². The van der Waals surface area contributed by atoms with E-state index in [1.807, 2.05) is 6.07 Å². The fraction of sp³-hybridized carbons (Fsp3) is 0.300. The molecule has 32 heavy (non-hydrogen) atoms. The van der Waals surface area contributed by atoms with Gasteiger partial charge in [0.2, 0.25) is 0 Å². The molecule has 3 rings (SSSR count). The van der Waals surface area contributed by atoms with Gasteiger partial charge in [-0.1, -0.05) is 6.07 Å². The molecule has 0 bridgehead atoms. The number of halogens is 3. The number of anilines is 1. The molecule has 8 nitrogen and oxygen atoms in total. The number of rotatable bonds is 4. The van der Waals surface area contributed by atoms with Gasteiger partial charge in [0, 0.05) is 12.6 Å². The van der Waals surface area contributed by atoms with Gasteiger partial charge in [-0.05, 0) is 43.2 Å². The molecule has 0 aliphatic carbocycles. The minimum Gasteiger partial charge on any atom is -0.496 e. The second-order valence-electron chi connectivity index (χ2n) is 6.40. The van der Waals surface area contributed by atoms with Crippen LogP contribution in [0, 0.1) is 11.3 Å². The Morgan fingerprint density at radius 2 is 1.97 bits per heavy atom. The number of nitriles is 1. The van der Waals surface area contributed by atoms with E-state index in [1.54, 1.807) is 31.4 Å². The molecule has 0 spiro atoms. The van der Waals surface area contributed by atoms with E-state index in [4.69, 9.17) is 14.7 Å². The number of benzene rings is 2. The largest absolute Gasteiger partial charge is 0.496 e. The molecule has 0 fully saturated rings. The number of sulfonamides is 1. The van der Waals surface area contributed by atoms with Crippen molar-refractivity contribution in [3.63, 3.8) is 0 Å². The molecule has 1 aliphatic rings. The van der Waals surface area contributed by atoms with Crippen LogP contribution in [0.25, 0.3) is 0 Å². The number of hydrogen-bond acceptors (Lipinski definition) is 6. The Hall–Kier alpha value is -3.46. The minimum absolute atomic E-state index is 0.0698. The average molecular weight is 471 g/mol. The first-order chi connectivity index (χ1) is 15.0. The summed E-state index contributed by atoms with van der Waals surface area (Å²) in [6, 6.07) is 11.4. The number of nitrogens with one attached hydrogen (secondary N) is 2. The Labute approximate surface area is 183 Å². The highest BCUT2D eigenvalue weighted by atomic mass is 32.2. The molecule has 2 N–H and O–H groups in total. The molecule has 0 aromatic heterocycles. The normalized spacial score (nSPS) is 12.8. The Kier molecular flexibility index (Phi) is 7.93. The molecule has 1 amide bonds. The molecular weight excluding hydrogens is 451 g/mol. The number of methoxy groups -OCH3 is 1. The van der Waals surface area contributed by atoms with Crippen molar-refractivity contribution < 1.29 is 35.9 Å². The Bertz CT molecular complexity index is 1130. The maximum atomic E-state index is 12.8. The summed E-state index contributed by atoms with van der Waals surface area (Å²) < 4.78 is 72.0. The third-order valence-electron chi connectivity index (χ3n) is 4.24. The van der Waals surface area contributed by atoms with Crippen LogP contribution < -0.4 is 19.5 Å². The molecule has 172 valence electrons. The molecule has 0 atom stereocenters. The Balaban J connectivity index is 0.000000390. The van der Waals surface area contributed by atoms with Gasteiger partial charge in [0.15, 0.2) is 0 Å². The van der Waals surface area contributed by atoms with Gasteiger partial charge < -0.3 is 14.8 Å². The topological polar surface area (TPSA) is 118 Å². The number of nitrogens with zero attached hydrogens (tertiary/aromatic N) is 1. The summed E-state index contributed by atoms with van der Waals surface area (Å²) in [6.07, 6.45) is -3.23. The zero-order valence-electron chi connectivity index (χ0n) is 17.1. The third-order valence-corrected chi connectivity index (χ3v) is 5.64. The maximum absolute atomic E-state index is 12.8. The van der Waals surface area contributed by atoms with E-state index in [1.165, 1.54) is 17.4 Å². The van der Waals surface area contributed by atoms with Gasteiger partial charge in [0.1, 0.15) is 16.4 Å². The third kappa shape index (κ3) is 6.04. The Morgan fingerprint density at radius 3 is 2.53 bits per heavy atom. The van der Waals surface area contributed by atoms with Crippen LogP contribution in [-0.2, 0) is 21.2 Å². The number of alkyl halides is 3. The smallest absolute Gasteiger partial charge is 0.471 e. The summed E-state index contributed by atoms with van der Waals surface area (Å²) in [5.41, 5.74) is 1.47. The standard InChI is InChI=1S/C17H16N2O4S.C3H4F3NO/c1-22-15-7-8-16(17-14(15)6-3-9-23-17)24(20,21)19-13-5-2-4-12(10-13)11-18;1-7-2(8)3(4,5)6/h2,4-5,7-8,10,19H,3,6,9H2,1H3;1H3,(H,7,8). The van der Waals surface area contributed by atoms with Crippen LogP contribution >= 0.6 is 0 Å². The second-order valence-corrected chi connectivity index (χ2v) is 8.05. The van der Waals surface area contributed by atoms with E-state index in [2.05, 4.69) is 4.72 Å². The van der Waals surface area contributed by atoms with Crippen LogP contribution in [0.5, 0.6) is 11.5 Å². The summed E-state index contributed by atoms with van der Waals surface area (Å²) >= 11 is 0. The first-order valence-electron chi connectivity index (χ1n) is 9.18. The molecule has 0 saturated carbocycles. The second kappa shape index (κ2) is 10.2. The van der Waals surface area contributed by atoms with Gasteiger partial charge in [-0.15, -0.1) is 0 Å². The first-order valence-corrected chi connectivity index (χ1v) is 10.7. The number of carbonyl (C=O) groups is 1. The van der Waals surface area contributed by atoms with Crippen molar-refractivity contribution in [2.24, 2.45) is 0 Å². The van der Waals surface area contributed by atoms with E-state index in [0.717, 1.165) is 19.0 Å². The molecule has 0 saturated heterocycles. The van der Waals surface area contributed by atoms with E-state index >= 15 is 0 Å². The van der Waals surface area contributed by atoms with Gasteiger partial charge in [-0.25, -0.2) is 8.42 Å². The van der Waals surface area contributed by atoms with Crippen molar-refractivity contribution in [2.45, 2.75) is 23.9 Å². The summed E-state index contributed by atoms with van der Waals surface area (Å²) in [5, 5.41) is 10.4. The average Bonchev–Trinajstić information content (AvgIpc) is 2.77. The zero-order valence-corrected chi connectivity index (χ0v) is 17.9. The lowest BCUT2D eigenvalue weighted by atomic mass is 10.1. The van der Waals surface area contributed by atoms with Gasteiger partial charge in [0.25, 0.3) is 10.0 Å². The lowest BCUT2D eigenvalue weighted by Crippen LogP contribution is -2.33. The number of carbonyl (C=O) groups excluding carboxylic acids is 1. The van der Waals surface area contributed by atoms with Crippen molar-refractivity contribution in [1.82, 2.24) is 5.32 Å². The molecule has 0 radical (unpaired) electrons. The summed E-state index contributed by atoms with van der Waals surface area (Å²) in [7, 11) is -1.37. The predicted octanol–water partition coefficient (Wildman–Crippen LogP) is 2.99. The molecule has 2 aromatic rings. The van der Waals surface area contributed by atoms with E-state index in [0.29, 0.717) is 35.8 Å². The number of amides is 1. The van der Waals surface area contributed by atoms with Crippen LogP contribution in [0.15, 0.2) is 41.3 Å².